The van der Waals surface area contributed by atoms with E-state index in [9.17, 15) is 13.5 Å². The largest absolute Gasteiger partial charge is 0.395 e. The Labute approximate surface area is 124 Å². The topological polar surface area (TPSA) is 84.2 Å². The number of aromatic nitrogens is 2. The molecule has 2 rings (SSSR count). The minimum absolute atomic E-state index is 0.0316. The summed E-state index contributed by atoms with van der Waals surface area (Å²) in [5, 5.41) is 9.36. The zero-order valence-corrected chi connectivity index (χ0v) is 12.6. The average Bonchev–Trinajstić information content (AvgIpc) is 2.97. The molecule has 0 bridgehead atoms. The predicted octanol–water partition coefficient (Wildman–Crippen LogP) is 0.785. The lowest BCUT2D eigenvalue weighted by atomic mass is 10.1. The summed E-state index contributed by atoms with van der Waals surface area (Å²) in [7, 11) is -3.72. The molecule has 0 amide bonds. The number of aliphatic hydroxyl groups is 1. The van der Waals surface area contributed by atoms with Crippen LogP contribution in [0, 0.1) is 0 Å². The Bertz CT molecular complexity index is 668. The van der Waals surface area contributed by atoms with Crippen molar-refractivity contribution in [2.24, 2.45) is 0 Å². The van der Waals surface area contributed by atoms with Gasteiger partial charge < -0.3 is 9.67 Å². The van der Waals surface area contributed by atoms with Gasteiger partial charge in [-0.3, -0.25) is 0 Å². The summed E-state index contributed by atoms with van der Waals surface area (Å²) in [6.45, 7) is 2.27. The van der Waals surface area contributed by atoms with Crippen molar-refractivity contribution in [1.82, 2.24) is 14.3 Å². The predicted molar refractivity (Wildman–Crippen MR) is 79.2 cm³/mol. The van der Waals surface area contributed by atoms with Crippen LogP contribution in [0.3, 0.4) is 0 Å². The van der Waals surface area contributed by atoms with Crippen LogP contribution in [0.5, 0.6) is 0 Å². The molecular formula is C14H19N3O3S. The zero-order valence-electron chi connectivity index (χ0n) is 11.8. The van der Waals surface area contributed by atoms with Crippen molar-refractivity contribution in [3.8, 4) is 0 Å². The SMILES string of the molecule is CCn1cnc(S(=O)(=O)N[C@H](CO)Cc2ccccc2)c1. The van der Waals surface area contributed by atoms with Crippen LogP contribution in [0.4, 0.5) is 0 Å². The van der Waals surface area contributed by atoms with Crippen molar-refractivity contribution in [1.29, 1.82) is 0 Å². The molecule has 7 heteroatoms. The fourth-order valence-electron chi connectivity index (χ4n) is 1.97. The number of aryl methyl sites for hydroxylation is 1. The van der Waals surface area contributed by atoms with Crippen LogP contribution < -0.4 is 4.72 Å². The van der Waals surface area contributed by atoms with Gasteiger partial charge in [-0.1, -0.05) is 30.3 Å². The van der Waals surface area contributed by atoms with Crippen molar-refractivity contribution in [2.75, 3.05) is 6.61 Å². The van der Waals surface area contributed by atoms with E-state index in [1.807, 2.05) is 37.3 Å². The lowest BCUT2D eigenvalue weighted by molar-refractivity contribution is 0.256. The fraction of sp³-hybridized carbons (Fsp3) is 0.357. The van der Waals surface area contributed by atoms with Crippen LogP contribution in [-0.4, -0.2) is 35.7 Å². The maximum atomic E-state index is 12.2. The maximum Gasteiger partial charge on any atom is 0.259 e. The molecule has 0 fully saturated rings. The molecule has 0 spiro atoms. The molecule has 0 unspecified atom stereocenters. The van der Waals surface area contributed by atoms with Gasteiger partial charge >= 0.3 is 0 Å². The molecule has 1 atom stereocenters. The minimum Gasteiger partial charge on any atom is -0.395 e. The first-order valence-electron chi connectivity index (χ1n) is 6.74. The van der Waals surface area contributed by atoms with E-state index >= 15 is 0 Å². The molecule has 0 aliphatic carbocycles. The van der Waals surface area contributed by atoms with Gasteiger partial charge in [-0.2, -0.15) is 0 Å². The number of aliphatic hydroxyl groups excluding tert-OH is 1. The molecular weight excluding hydrogens is 290 g/mol. The Morgan fingerprint density at radius 3 is 2.62 bits per heavy atom. The second kappa shape index (κ2) is 6.84. The highest BCUT2D eigenvalue weighted by Crippen LogP contribution is 2.09. The summed E-state index contributed by atoms with van der Waals surface area (Å²) in [5.74, 6) is 0. The van der Waals surface area contributed by atoms with E-state index in [4.69, 9.17) is 0 Å². The van der Waals surface area contributed by atoms with Gasteiger partial charge in [0.15, 0.2) is 5.03 Å². The smallest absolute Gasteiger partial charge is 0.259 e. The molecule has 0 radical (unpaired) electrons. The highest BCUT2D eigenvalue weighted by molar-refractivity contribution is 7.89. The minimum atomic E-state index is -3.72. The van der Waals surface area contributed by atoms with E-state index in [1.165, 1.54) is 12.5 Å². The molecule has 2 N–H and O–H groups in total. The van der Waals surface area contributed by atoms with Crippen molar-refractivity contribution in [2.45, 2.75) is 31.0 Å². The van der Waals surface area contributed by atoms with Crippen molar-refractivity contribution in [3.05, 3.63) is 48.4 Å². The third-order valence-electron chi connectivity index (χ3n) is 3.12. The van der Waals surface area contributed by atoms with Crippen LogP contribution in [0.1, 0.15) is 12.5 Å². The zero-order chi connectivity index (χ0) is 15.3. The third-order valence-corrected chi connectivity index (χ3v) is 4.52. The van der Waals surface area contributed by atoms with Gasteiger partial charge in [0.2, 0.25) is 0 Å². The molecule has 2 aromatic rings. The summed E-state index contributed by atoms with van der Waals surface area (Å²) >= 11 is 0. The quantitative estimate of drug-likeness (QED) is 0.792. The molecule has 0 aliphatic rings. The monoisotopic (exact) mass is 309 g/mol. The van der Waals surface area contributed by atoms with Gasteiger partial charge in [0, 0.05) is 18.8 Å². The standard InChI is InChI=1S/C14H19N3O3S/c1-2-17-9-14(15-11-17)21(19,20)16-13(10-18)8-12-6-4-3-5-7-12/h3-7,9,11,13,16,18H,2,8,10H2,1H3/t13-/m0/s1. The molecule has 0 saturated carbocycles. The first-order chi connectivity index (χ1) is 10.0. The van der Waals surface area contributed by atoms with Crippen molar-refractivity contribution < 1.29 is 13.5 Å². The second-order valence-corrected chi connectivity index (χ2v) is 6.39. The maximum absolute atomic E-state index is 12.2. The normalized spacial score (nSPS) is 13.2. The van der Waals surface area contributed by atoms with E-state index in [2.05, 4.69) is 9.71 Å². The number of hydrogen-bond donors (Lipinski definition) is 2. The number of benzene rings is 1. The van der Waals surface area contributed by atoms with Crippen LogP contribution in [0.15, 0.2) is 47.9 Å². The number of hydrogen-bond acceptors (Lipinski definition) is 4. The van der Waals surface area contributed by atoms with Crippen LogP contribution >= 0.6 is 0 Å². The van der Waals surface area contributed by atoms with Crippen molar-refractivity contribution >= 4 is 10.0 Å². The highest BCUT2D eigenvalue weighted by atomic mass is 32.2. The summed E-state index contributed by atoms with van der Waals surface area (Å²) in [5.41, 5.74) is 0.957. The Balaban J connectivity index is 2.10. The molecule has 1 aromatic carbocycles. The summed E-state index contributed by atoms with van der Waals surface area (Å²) in [6, 6.07) is 8.84. The van der Waals surface area contributed by atoms with E-state index in [0.29, 0.717) is 13.0 Å². The third kappa shape index (κ3) is 4.13. The van der Waals surface area contributed by atoms with Gasteiger partial charge in [-0.05, 0) is 18.9 Å². The summed E-state index contributed by atoms with van der Waals surface area (Å²) in [4.78, 5) is 3.88. The van der Waals surface area contributed by atoms with Gasteiger partial charge in [0.25, 0.3) is 10.0 Å². The van der Waals surface area contributed by atoms with Gasteiger partial charge in [-0.15, -0.1) is 0 Å². The summed E-state index contributed by atoms with van der Waals surface area (Å²) in [6.07, 6.45) is 3.37. The number of rotatable bonds is 7. The number of imidazole rings is 1. The number of nitrogens with one attached hydrogen (secondary N) is 1. The molecule has 21 heavy (non-hydrogen) atoms. The lowest BCUT2D eigenvalue weighted by Crippen LogP contribution is -2.39. The van der Waals surface area contributed by atoms with Gasteiger partial charge in [0.05, 0.1) is 12.9 Å². The molecule has 0 aliphatic heterocycles. The van der Waals surface area contributed by atoms with E-state index in [0.717, 1.165) is 5.56 Å². The summed E-state index contributed by atoms with van der Waals surface area (Å²) < 4.78 is 28.6. The van der Waals surface area contributed by atoms with Gasteiger partial charge in [0.1, 0.15) is 0 Å². The lowest BCUT2D eigenvalue weighted by Gasteiger charge is -2.15. The Hall–Kier alpha value is -1.70. The molecule has 6 nitrogen and oxygen atoms in total. The van der Waals surface area contributed by atoms with E-state index < -0.39 is 16.1 Å². The fourth-order valence-corrected chi connectivity index (χ4v) is 3.15. The van der Waals surface area contributed by atoms with Crippen molar-refractivity contribution in [3.63, 3.8) is 0 Å². The van der Waals surface area contributed by atoms with E-state index in [-0.39, 0.29) is 11.6 Å². The average molecular weight is 309 g/mol. The Morgan fingerprint density at radius 2 is 2.05 bits per heavy atom. The number of sulfonamides is 1. The molecule has 0 saturated heterocycles. The first-order valence-corrected chi connectivity index (χ1v) is 8.22. The van der Waals surface area contributed by atoms with Crippen LogP contribution in [-0.2, 0) is 23.0 Å². The van der Waals surface area contributed by atoms with Crippen LogP contribution in [0.25, 0.3) is 0 Å². The van der Waals surface area contributed by atoms with Crippen LogP contribution in [0.2, 0.25) is 0 Å². The number of nitrogens with zero attached hydrogens (tertiary/aromatic N) is 2. The van der Waals surface area contributed by atoms with E-state index in [1.54, 1.807) is 4.57 Å². The second-order valence-electron chi connectivity index (χ2n) is 4.73. The molecule has 1 heterocycles. The highest BCUT2D eigenvalue weighted by Gasteiger charge is 2.22. The first kappa shape index (κ1) is 15.7. The molecule has 1 aromatic heterocycles. The Morgan fingerprint density at radius 1 is 1.33 bits per heavy atom. The Kier molecular flexibility index (Phi) is 5.11. The molecule has 114 valence electrons. The van der Waals surface area contributed by atoms with Gasteiger partial charge in [-0.25, -0.2) is 18.1 Å².